The van der Waals surface area contributed by atoms with Gasteiger partial charge < -0.3 is 10.6 Å². The molecule has 0 aliphatic carbocycles. The van der Waals surface area contributed by atoms with Crippen LogP contribution in [0.1, 0.15) is 20.8 Å². The summed E-state index contributed by atoms with van der Waals surface area (Å²) in [7, 11) is 2.02. The Bertz CT molecular complexity index is 359. The average molecular weight is 240 g/mol. The Kier molecular flexibility index (Phi) is 4.02. The average Bonchev–Trinajstić information content (AvgIpc) is 2.14. The van der Waals surface area contributed by atoms with Gasteiger partial charge in [-0.3, -0.25) is 0 Å². The molecule has 1 aromatic rings. The number of rotatable bonds is 3. The maximum atomic E-state index is 5.75. The predicted molar refractivity (Wildman–Crippen MR) is 71.0 cm³/mol. The van der Waals surface area contributed by atoms with Gasteiger partial charge in [-0.1, -0.05) is 32.5 Å². The maximum Gasteiger partial charge on any atom is 0.191 e. The van der Waals surface area contributed by atoms with Crippen LogP contribution in [0.4, 0.5) is 11.6 Å². The number of nitrogens with two attached hydrogens (primary N) is 1. The lowest BCUT2D eigenvalue weighted by Gasteiger charge is -2.27. The lowest BCUT2D eigenvalue weighted by atomic mass is 9.96. The molecule has 1 heterocycles. The second kappa shape index (κ2) is 4.91. The van der Waals surface area contributed by atoms with E-state index in [1.165, 1.54) is 11.8 Å². The van der Waals surface area contributed by atoms with Crippen molar-refractivity contribution in [3.63, 3.8) is 0 Å². The highest BCUT2D eigenvalue weighted by Crippen LogP contribution is 2.21. The quantitative estimate of drug-likeness (QED) is 0.649. The second-order valence-corrected chi connectivity index (χ2v) is 5.83. The van der Waals surface area contributed by atoms with E-state index < -0.39 is 0 Å². The van der Waals surface area contributed by atoms with Crippen LogP contribution in [0.15, 0.2) is 11.2 Å². The van der Waals surface area contributed by atoms with Crippen molar-refractivity contribution in [2.24, 2.45) is 5.41 Å². The minimum absolute atomic E-state index is 0.230. The Hall–Kier alpha value is -0.970. The summed E-state index contributed by atoms with van der Waals surface area (Å²) in [5.41, 5.74) is 5.98. The van der Waals surface area contributed by atoms with Crippen LogP contribution in [-0.4, -0.2) is 29.8 Å². The molecule has 0 saturated carbocycles. The van der Waals surface area contributed by atoms with Crippen molar-refractivity contribution >= 4 is 23.4 Å². The molecule has 0 bridgehead atoms. The Morgan fingerprint density at radius 1 is 1.38 bits per heavy atom. The molecule has 0 spiro atoms. The van der Waals surface area contributed by atoms with Crippen molar-refractivity contribution in [2.75, 3.05) is 30.5 Å². The van der Waals surface area contributed by atoms with Crippen LogP contribution in [0, 0.1) is 5.41 Å². The zero-order valence-corrected chi connectivity index (χ0v) is 11.4. The number of nitrogens with zero attached hydrogens (tertiary/aromatic N) is 3. The molecule has 90 valence electrons. The Morgan fingerprint density at radius 3 is 2.50 bits per heavy atom. The Morgan fingerprint density at radius 2 is 2.00 bits per heavy atom. The molecule has 4 nitrogen and oxygen atoms in total. The molecule has 0 atom stereocenters. The van der Waals surface area contributed by atoms with Gasteiger partial charge in [-0.05, 0) is 11.7 Å². The molecule has 0 radical (unpaired) electrons. The van der Waals surface area contributed by atoms with E-state index >= 15 is 0 Å². The highest BCUT2D eigenvalue weighted by Gasteiger charge is 2.15. The van der Waals surface area contributed by atoms with Crippen molar-refractivity contribution in [1.29, 1.82) is 0 Å². The topological polar surface area (TPSA) is 55.0 Å². The van der Waals surface area contributed by atoms with E-state index in [0.29, 0.717) is 5.82 Å². The molecular weight excluding hydrogens is 220 g/mol. The van der Waals surface area contributed by atoms with Gasteiger partial charge in [0.1, 0.15) is 11.6 Å². The summed E-state index contributed by atoms with van der Waals surface area (Å²) in [6, 6.07) is 1.81. The van der Waals surface area contributed by atoms with Crippen LogP contribution in [-0.2, 0) is 0 Å². The molecule has 0 amide bonds. The third-order valence-corrected chi connectivity index (χ3v) is 2.54. The molecule has 0 aliphatic heterocycles. The minimum Gasteiger partial charge on any atom is -0.383 e. The molecule has 0 aromatic carbocycles. The normalized spacial score (nSPS) is 11.6. The zero-order valence-electron chi connectivity index (χ0n) is 10.6. The number of nitrogen functional groups attached to an aromatic ring is 1. The van der Waals surface area contributed by atoms with Gasteiger partial charge in [0.15, 0.2) is 5.16 Å². The van der Waals surface area contributed by atoms with Gasteiger partial charge in [0.2, 0.25) is 0 Å². The highest BCUT2D eigenvalue weighted by molar-refractivity contribution is 7.98. The second-order valence-electron chi connectivity index (χ2n) is 5.05. The van der Waals surface area contributed by atoms with E-state index in [1.807, 2.05) is 19.4 Å². The molecule has 0 unspecified atom stereocenters. The van der Waals surface area contributed by atoms with Gasteiger partial charge in [-0.25, -0.2) is 9.97 Å². The fourth-order valence-corrected chi connectivity index (χ4v) is 1.89. The van der Waals surface area contributed by atoms with Crippen LogP contribution in [0.25, 0.3) is 0 Å². The van der Waals surface area contributed by atoms with Crippen molar-refractivity contribution in [3.05, 3.63) is 6.07 Å². The van der Waals surface area contributed by atoms with Gasteiger partial charge in [0.25, 0.3) is 0 Å². The van der Waals surface area contributed by atoms with E-state index in [9.17, 15) is 0 Å². The van der Waals surface area contributed by atoms with Gasteiger partial charge in [-0.15, -0.1) is 0 Å². The van der Waals surface area contributed by atoms with E-state index in [2.05, 4.69) is 35.6 Å². The molecule has 5 heteroatoms. The van der Waals surface area contributed by atoms with Crippen LogP contribution in [0.2, 0.25) is 0 Å². The summed E-state index contributed by atoms with van der Waals surface area (Å²) in [6.45, 7) is 7.52. The minimum atomic E-state index is 0.230. The fourth-order valence-electron chi connectivity index (χ4n) is 1.51. The van der Waals surface area contributed by atoms with Gasteiger partial charge >= 0.3 is 0 Å². The van der Waals surface area contributed by atoms with Crippen LogP contribution in [0.5, 0.6) is 0 Å². The molecule has 0 saturated heterocycles. The van der Waals surface area contributed by atoms with Gasteiger partial charge in [0, 0.05) is 19.7 Å². The molecular formula is C11H20N4S. The number of anilines is 2. The van der Waals surface area contributed by atoms with E-state index in [0.717, 1.165) is 17.5 Å². The summed E-state index contributed by atoms with van der Waals surface area (Å²) < 4.78 is 0. The largest absolute Gasteiger partial charge is 0.383 e. The third kappa shape index (κ3) is 3.89. The standard InChI is InChI=1S/C11H20N4S/c1-11(2,3)7-15(4)9-6-8(12)13-10(14-9)16-5/h6H,7H2,1-5H3,(H2,12,13,14). The van der Waals surface area contributed by atoms with Gasteiger partial charge in [-0.2, -0.15) is 0 Å². The summed E-state index contributed by atoms with van der Waals surface area (Å²) in [6.07, 6.45) is 1.95. The molecule has 16 heavy (non-hydrogen) atoms. The maximum absolute atomic E-state index is 5.75. The SMILES string of the molecule is CSc1nc(N)cc(N(C)CC(C)(C)C)n1. The molecule has 1 aromatic heterocycles. The lowest BCUT2D eigenvalue weighted by Crippen LogP contribution is -2.30. The summed E-state index contributed by atoms with van der Waals surface area (Å²) in [5.74, 6) is 1.40. The molecule has 2 N–H and O–H groups in total. The summed E-state index contributed by atoms with van der Waals surface area (Å²) in [5, 5.41) is 0.718. The first-order valence-corrected chi connectivity index (χ1v) is 6.44. The Labute approximate surface area is 102 Å². The molecule has 0 fully saturated rings. The van der Waals surface area contributed by atoms with Crippen molar-refractivity contribution in [1.82, 2.24) is 9.97 Å². The van der Waals surface area contributed by atoms with E-state index in [-0.39, 0.29) is 5.41 Å². The van der Waals surface area contributed by atoms with Crippen LogP contribution >= 0.6 is 11.8 Å². The lowest BCUT2D eigenvalue weighted by molar-refractivity contribution is 0.417. The van der Waals surface area contributed by atoms with E-state index in [4.69, 9.17) is 5.73 Å². The molecule has 1 rings (SSSR count). The number of hydrogen-bond donors (Lipinski definition) is 1. The first kappa shape index (κ1) is 13.1. The fraction of sp³-hybridized carbons (Fsp3) is 0.636. The van der Waals surface area contributed by atoms with Crippen molar-refractivity contribution in [3.8, 4) is 0 Å². The van der Waals surface area contributed by atoms with Crippen LogP contribution in [0.3, 0.4) is 0 Å². The van der Waals surface area contributed by atoms with E-state index in [1.54, 1.807) is 0 Å². The zero-order chi connectivity index (χ0) is 12.3. The predicted octanol–water partition coefficient (Wildman–Crippen LogP) is 2.26. The smallest absolute Gasteiger partial charge is 0.191 e. The number of hydrogen-bond acceptors (Lipinski definition) is 5. The highest BCUT2D eigenvalue weighted by atomic mass is 32.2. The first-order valence-electron chi connectivity index (χ1n) is 5.21. The summed E-state index contributed by atoms with van der Waals surface area (Å²) in [4.78, 5) is 10.7. The molecule has 0 aliphatic rings. The number of thioether (sulfide) groups is 1. The first-order chi connectivity index (χ1) is 7.31. The monoisotopic (exact) mass is 240 g/mol. The van der Waals surface area contributed by atoms with Crippen LogP contribution < -0.4 is 10.6 Å². The van der Waals surface area contributed by atoms with Crippen molar-refractivity contribution < 1.29 is 0 Å². The summed E-state index contributed by atoms with van der Waals surface area (Å²) >= 11 is 1.50. The Balaban J connectivity index is 2.90. The third-order valence-electron chi connectivity index (χ3n) is 2.00. The van der Waals surface area contributed by atoms with Gasteiger partial charge in [0.05, 0.1) is 0 Å². The van der Waals surface area contributed by atoms with Crippen molar-refractivity contribution in [2.45, 2.75) is 25.9 Å². The number of aromatic nitrogens is 2.